The fraction of sp³-hybridized carbons (Fsp3) is 0.500. The molecule has 1 atom stereocenters. The highest BCUT2D eigenvalue weighted by Crippen LogP contribution is 2.12. The van der Waals surface area contributed by atoms with Gasteiger partial charge in [0.25, 0.3) is 0 Å². The lowest BCUT2D eigenvalue weighted by atomic mass is 10.0. The summed E-state index contributed by atoms with van der Waals surface area (Å²) in [6.45, 7) is 4.34. The zero-order valence-electron chi connectivity index (χ0n) is 12.8. The molecule has 0 fully saturated rings. The van der Waals surface area contributed by atoms with Crippen LogP contribution in [0.15, 0.2) is 18.2 Å². The van der Waals surface area contributed by atoms with Crippen LogP contribution in [0.3, 0.4) is 0 Å². The first kappa shape index (κ1) is 17.2. The van der Waals surface area contributed by atoms with Crippen molar-refractivity contribution in [2.45, 2.75) is 39.2 Å². The van der Waals surface area contributed by atoms with Crippen LogP contribution in [0.4, 0.5) is 0 Å². The molecule has 0 aliphatic rings. The Balaban J connectivity index is 2.50. The molecule has 21 heavy (non-hydrogen) atoms. The van der Waals surface area contributed by atoms with Crippen LogP contribution < -0.4 is 5.32 Å². The van der Waals surface area contributed by atoms with E-state index in [1.165, 1.54) is 12.7 Å². The predicted molar refractivity (Wildman–Crippen MR) is 80.3 cm³/mol. The third kappa shape index (κ3) is 5.95. The monoisotopic (exact) mass is 293 g/mol. The highest BCUT2D eigenvalue weighted by Gasteiger charge is 2.19. The van der Waals surface area contributed by atoms with E-state index in [1.54, 1.807) is 0 Å². The molecule has 0 aromatic heterocycles. The number of carboxylic acids is 1. The van der Waals surface area contributed by atoms with E-state index in [0.717, 1.165) is 11.1 Å². The van der Waals surface area contributed by atoms with Crippen LogP contribution in [0.25, 0.3) is 0 Å². The van der Waals surface area contributed by atoms with Crippen LogP contribution >= 0.6 is 0 Å². The van der Waals surface area contributed by atoms with Gasteiger partial charge in [-0.05, 0) is 31.4 Å². The van der Waals surface area contributed by atoms with E-state index in [-0.39, 0.29) is 18.7 Å². The molecule has 0 aliphatic heterocycles. The first-order chi connectivity index (χ1) is 9.93. The Morgan fingerprint density at radius 2 is 2.05 bits per heavy atom. The van der Waals surface area contributed by atoms with Crippen LogP contribution in [0.2, 0.25) is 0 Å². The zero-order chi connectivity index (χ0) is 15.8. The van der Waals surface area contributed by atoms with Crippen molar-refractivity contribution in [3.8, 4) is 0 Å². The predicted octanol–water partition coefficient (Wildman–Crippen LogP) is 1.84. The molecule has 5 nitrogen and oxygen atoms in total. The molecule has 116 valence electrons. The minimum Gasteiger partial charge on any atom is -0.480 e. The maximum Gasteiger partial charge on any atom is 0.326 e. The quantitative estimate of drug-likeness (QED) is 0.767. The smallest absolute Gasteiger partial charge is 0.326 e. The average Bonchev–Trinajstić information content (AvgIpc) is 2.42. The van der Waals surface area contributed by atoms with Crippen LogP contribution in [0.1, 0.15) is 29.5 Å². The average molecular weight is 293 g/mol. The zero-order valence-corrected chi connectivity index (χ0v) is 12.8. The molecule has 1 amide bonds. The maximum absolute atomic E-state index is 11.9. The number of aryl methyl sites for hydroxylation is 3. The van der Waals surface area contributed by atoms with Gasteiger partial charge in [-0.25, -0.2) is 4.79 Å². The molecule has 5 heteroatoms. The molecule has 0 radical (unpaired) electrons. The van der Waals surface area contributed by atoms with Crippen molar-refractivity contribution in [3.05, 3.63) is 34.9 Å². The first-order valence-corrected chi connectivity index (χ1v) is 7.01. The Bertz CT molecular complexity index is 499. The van der Waals surface area contributed by atoms with Crippen molar-refractivity contribution in [3.63, 3.8) is 0 Å². The Hall–Kier alpha value is -1.88. The number of carbonyl (C=O) groups is 2. The summed E-state index contributed by atoms with van der Waals surface area (Å²) in [5.74, 6) is -1.29. The molecule has 0 saturated heterocycles. The number of ether oxygens (including phenoxy) is 1. The van der Waals surface area contributed by atoms with E-state index in [4.69, 9.17) is 9.84 Å². The Morgan fingerprint density at radius 3 is 2.62 bits per heavy atom. The maximum atomic E-state index is 11.9. The summed E-state index contributed by atoms with van der Waals surface area (Å²) in [7, 11) is 1.50. The topological polar surface area (TPSA) is 75.6 Å². The van der Waals surface area contributed by atoms with Gasteiger partial charge >= 0.3 is 5.97 Å². The van der Waals surface area contributed by atoms with E-state index in [0.29, 0.717) is 13.0 Å². The van der Waals surface area contributed by atoms with Gasteiger partial charge in [0.15, 0.2) is 0 Å². The third-order valence-corrected chi connectivity index (χ3v) is 3.36. The van der Waals surface area contributed by atoms with Crippen molar-refractivity contribution in [2.24, 2.45) is 0 Å². The number of carboxylic acid groups (broad SMARTS) is 1. The van der Waals surface area contributed by atoms with E-state index in [9.17, 15) is 9.59 Å². The molecule has 0 heterocycles. The van der Waals surface area contributed by atoms with Gasteiger partial charge in [0.05, 0.1) is 0 Å². The number of hydrogen-bond acceptors (Lipinski definition) is 3. The molecular weight excluding hydrogens is 270 g/mol. The molecule has 0 saturated carbocycles. The van der Waals surface area contributed by atoms with Crippen molar-refractivity contribution in [1.82, 2.24) is 5.32 Å². The van der Waals surface area contributed by atoms with Gasteiger partial charge in [0.1, 0.15) is 6.04 Å². The fourth-order valence-corrected chi connectivity index (χ4v) is 2.13. The van der Waals surface area contributed by atoms with Gasteiger partial charge < -0.3 is 15.2 Å². The summed E-state index contributed by atoms with van der Waals surface area (Å²) in [5, 5.41) is 11.6. The number of carbonyl (C=O) groups excluding carboxylic acids is 1. The number of benzene rings is 1. The molecule has 0 aliphatic carbocycles. The number of hydrogen-bond donors (Lipinski definition) is 2. The third-order valence-electron chi connectivity index (χ3n) is 3.36. The number of aliphatic carboxylic acids is 1. The second kappa shape index (κ2) is 8.42. The largest absolute Gasteiger partial charge is 0.480 e. The SMILES string of the molecule is COCCC(NC(=O)CCc1ccc(C)cc1C)C(=O)O. The lowest BCUT2D eigenvalue weighted by molar-refractivity contribution is -0.142. The second-order valence-corrected chi connectivity index (χ2v) is 5.17. The number of methoxy groups -OCH3 is 1. The molecule has 0 bridgehead atoms. The molecular formula is C16H23NO4. The van der Waals surface area contributed by atoms with Gasteiger partial charge in [-0.1, -0.05) is 23.8 Å². The molecule has 2 N–H and O–H groups in total. The summed E-state index contributed by atoms with van der Waals surface area (Å²) in [4.78, 5) is 22.9. The van der Waals surface area contributed by atoms with E-state index in [1.807, 2.05) is 26.0 Å². The summed E-state index contributed by atoms with van der Waals surface area (Å²) >= 11 is 0. The fourth-order valence-electron chi connectivity index (χ4n) is 2.13. The Kier molecular flexibility index (Phi) is 6.88. The lowest BCUT2D eigenvalue weighted by Gasteiger charge is -2.14. The lowest BCUT2D eigenvalue weighted by Crippen LogP contribution is -2.41. The summed E-state index contributed by atoms with van der Waals surface area (Å²) in [6.07, 6.45) is 1.15. The minimum atomic E-state index is -1.04. The minimum absolute atomic E-state index is 0.251. The molecule has 1 unspecified atom stereocenters. The van der Waals surface area contributed by atoms with E-state index in [2.05, 4.69) is 11.4 Å². The summed E-state index contributed by atoms with van der Waals surface area (Å²) in [6, 6.07) is 5.21. The van der Waals surface area contributed by atoms with Gasteiger partial charge in [-0.3, -0.25) is 4.79 Å². The number of amides is 1. The van der Waals surface area contributed by atoms with Gasteiger partial charge in [0.2, 0.25) is 5.91 Å². The van der Waals surface area contributed by atoms with Crippen molar-refractivity contribution in [2.75, 3.05) is 13.7 Å². The molecule has 1 aromatic rings. The first-order valence-electron chi connectivity index (χ1n) is 7.01. The van der Waals surface area contributed by atoms with Crippen molar-refractivity contribution < 1.29 is 19.4 Å². The highest BCUT2D eigenvalue weighted by atomic mass is 16.5. The van der Waals surface area contributed by atoms with Crippen LogP contribution in [0.5, 0.6) is 0 Å². The number of nitrogens with one attached hydrogen (secondary N) is 1. The molecule has 0 spiro atoms. The van der Waals surface area contributed by atoms with Gasteiger partial charge in [-0.15, -0.1) is 0 Å². The Labute approximate surface area is 125 Å². The van der Waals surface area contributed by atoms with E-state index < -0.39 is 12.0 Å². The van der Waals surface area contributed by atoms with Crippen molar-refractivity contribution in [1.29, 1.82) is 0 Å². The summed E-state index contributed by atoms with van der Waals surface area (Å²) < 4.78 is 4.85. The Morgan fingerprint density at radius 1 is 1.33 bits per heavy atom. The van der Waals surface area contributed by atoms with Crippen LogP contribution in [-0.4, -0.2) is 36.7 Å². The van der Waals surface area contributed by atoms with Gasteiger partial charge in [-0.2, -0.15) is 0 Å². The normalized spacial score (nSPS) is 12.0. The standard InChI is InChI=1S/C16H23NO4/c1-11-4-5-13(12(2)10-11)6-7-15(18)17-14(16(19)20)8-9-21-3/h4-5,10,14H,6-9H2,1-3H3,(H,17,18)(H,19,20). The van der Waals surface area contributed by atoms with Crippen molar-refractivity contribution >= 4 is 11.9 Å². The number of rotatable bonds is 8. The summed E-state index contributed by atoms with van der Waals surface area (Å²) in [5.41, 5.74) is 3.45. The highest BCUT2D eigenvalue weighted by molar-refractivity contribution is 5.83. The molecule has 1 rings (SSSR count). The van der Waals surface area contributed by atoms with Crippen LogP contribution in [0, 0.1) is 13.8 Å². The molecule has 1 aromatic carbocycles. The van der Waals surface area contributed by atoms with E-state index >= 15 is 0 Å². The van der Waals surface area contributed by atoms with Crippen LogP contribution in [-0.2, 0) is 20.7 Å². The van der Waals surface area contributed by atoms with Gasteiger partial charge in [0, 0.05) is 26.6 Å². The second-order valence-electron chi connectivity index (χ2n) is 5.17.